The smallest absolute Gasteiger partial charge is 0.243 e. The molecule has 0 spiro atoms. The molecule has 2 aromatic carbocycles. The molecule has 0 aliphatic heterocycles. The molecule has 29 heavy (non-hydrogen) atoms. The van der Waals surface area contributed by atoms with Gasteiger partial charge in [0, 0.05) is 0 Å². The van der Waals surface area contributed by atoms with Crippen molar-refractivity contribution in [2.45, 2.75) is 26.8 Å². The molecule has 2 rings (SSSR count). The SMILES string of the molecule is COc1ccc(OCCNC(=O)[C@H](C)N(c2cc(C)ccc2C)S(C)(=O)=O)cc1. The van der Waals surface area contributed by atoms with E-state index in [9.17, 15) is 13.2 Å². The molecular formula is C21H28N2O5S. The van der Waals surface area contributed by atoms with E-state index in [4.69, 9.17) is 9.47 Å². The number of carbonyl (C=O) groups is 1. The van der Waals surface area contributed by atoms with E-state index < -0.39 is 22.0 Å². The van der Waals surface area contributed by atoms with Crippen LogP contribution in [0.25, 0.3) is 0 Å². The number of rotatable bonds is 9. The van der Waals surface area contributed by atoms with Gasteiger partial charge in [-0.3, -0.25) is 9.10 Å². The second-order valence-electron chi connectivity index (χ2n) is 6.84. The van der Waals surface area contributed by atoms with Gasteiger partial charge in [0.25, 0.3) is 0 Å². The number of nitrogens with zero attached hydrogens (tertiary/aromatic N) is 1. The van der Waals surface area contributed by atoms with Crippen molar-refractivity contribution in [2.75, 3.05) is 30.8 Å². The summed E-state index contributed by atoms with van der Waals surface area (Å²) in [6, 6.07) is 11.7. The van der Waals surface area contributed by atoms with Crippen LogP contribution in [0.15, 0.2) is 42.5 Å². The van der Waals surface area contributed by atoms with Crippen LogP contribution in [0.2, 0.25) is 0 Å². The van der Waals surface area contributed by atoms with Crippen molar-refractivity contribution in [3.63, 3.8) is 0 Å². The quantitative estimate of drug-likeness (QED) is 0.631. The third-order valence-corrected chi connectivity index (χ3v) is 5.65. The van der Waals surface area contributed by atoms with Crippen molar-refractivity contribution in [1.29, 1.82) is 0 Å². The molecule has 0 fully saturated rings. The Bertz CT molecular complexity index is 942. The first kappa shape index (κ1) is 22.5. The van der Waals surface area contributed by atoms with E-state index in [1.807, 2.05) is 26.0 Å². The Kier molecular flexibility index (Phi) is 7.50. The first-order valence-electron chi connectivity index (χ1n) is 9.24. The van der Waals surface area contributed by atoms with Gasteiger partial charge in [-0.2, -0.15) is 0 Å². The van der Waals surface area contributed by atoms with Gasteiger partial charge in [0.2, 0.25) is 15.9 Å². The molecule has 0 unspecified atom stereocenters. The minimum atomic E-state index is -3.65. The molecule has 158 valence electrons. The first-order valence-corrected chi connectivity index (χ1v) is 11.1. The summed E-state index contributed by atoms with van der Waals surface area (Å²) in [7, 11) is -2.06. The fourth-order valence-electron chi connectivity index (χ4n) is 2.90. The standard InChI is InChI=1S/C21H28N2O5S/c1-15-6-7-16(2)20(14-15)23(29(5,25)26)17(3)21(24)22-12-13-28-19-10-8-18(27-4)9-11-19/h6-11,14,17H,12-13H2,1-5H3,(H,22,24)/t17-/m0/s1. The van der Waals surface area contributed by atoms with Crippen LogP contribution in [-0.2, 0) is 14.8 Å². The molecule has 1 amide bonds. The number of amides is 1. The fourth-order valence-corrected chi connectivity index (χ4v) is 4.12. The molecule has 1 atom stereocenters. The molecule has 0 radical (unpaired) electrons. The molecule has 2 aromatic rings. The zero-order valence-electron chi connectivity index (χ0n) is 17.4. The Hall–Kier alpha value is -2.74. The van der Waals surface area contributed by atoms with Gasteiger partial charge >= 0.3 is 0 Å². The summed E-state index contributed by atoms with van der Waals surface area (Å²) in [4.78, 5) is 12.6. The van der Waals surface area contributed by atoms with Gasteiger partial charge < -0.3 is 14.8 Å². The monoisotopic (exact) mass is 420 g/mol. The lowest BCUT2D eigenvalue weighted by Crippen LogP contribution is -2.48. The van der Waals surface area contributed by atoms with Crippen molar-refractivity contribution in [3.8, 4) is 11.5 Å². The van der Waals surface area contributed by atoms with Crippen molar-refractivity contribution < 1.29 is 22.7 Å². The van der Waals surface area contributed by atoms with Gasteiger partial charge in [-0.1, -0.05) is 12.1 Å². The Balaban J connectivity index is 2.01. The zero-order chi connectivity index (χ0) is 21.6. The normalized spacial score (nSPS) is 12.2. The second-order valence-corrected chi connectivity index (χ2v) is 8.70. The third kappa shape index (κ3) is 6.12. The summed E-state index contributed by atoms with van der Waals surface area (Å²) in [5.74, 6) is 0.989. The predicted octanol–water partition coefficient (Wildman–Crippen LogP) is 2.66. The fraction of sp³-hybridized carbons (Fsp3) is 0.381. The van der Waals surface area contributed by atoms with Crippen LogP contribution in [0.4, 0.5) is 5.69 Å². The molecule has 0 bridgehead atoms. The highest BCUT2D eigenvalue weighted by Crippen LogP contribution is 2.26. The van der Waals surface area contributed by atoms with Crippen molar-refractivity contribution >= 4 is 21.6 Å². The number of methoxy groups -OCH3 is 1. The summed E-state index contributed by atoms with van der Waals surface area (Å²) in [5.41, 5.74) is 2.20. The van der Waals surface area contributed by atoms with Gasteiger partial charge in [-0.05, 0) is 62.2 Å². The number of sulfonamides is 1. The van der Waals surface area contributed by atoms with Crippen LogP contribution in [0, 0.1) is 13.8 Å². The molecule has 1 N–H and O–H groups in total. The van der Waals surface area contributed by atoms with E-state index in [2.05, 4.69) is 5.32 Å². The molecule has 0 saturated heterocycles. The number of ether oxygens (including phenoxy) is 2. The summed E-state index contributed by atoms with van der Waals surface area (Å²) < 4.78 is 36.7. The highest BCUT2D eigenvalue weighted by atomic mass is 32.2. The van der Waals surface area contributed by atoms with E-state index in [0.717, 1.165) is 27.4 Å². The summed E-state index contributed by atoms with van der Waals surface area (Å²) in [6.07, 6.45) is 1.10. The maximum atomic E-state index is 12.6. The topological polar surface area (TPSA) is 84.9 Å². The maximum absolute atomic E-state index is 12.6. The Labute approximate surface area is 172 Å². The average molecular weight is 421 g/mol. The largest absolute Gasteiger partial charge is 0.497 e. The van der Waals surface area contributed by atoms with Crippen LogP contribution >= 0.6 is 0 Å². The highest BCUT2D eigenvalue weighted by molar-refractivity contribution is 7.92. The van der Waals surface area contributed by atoms with Gasteiger partial charge in [-0.15, -0.1) is 0 Å². The van der Waals surface area contributed by atoms with Crippen molar-refractivity contribution in [2.24, 2.45) is 0 Å². The van der Waals surface area contributed by atoms with Crippen LogP contribution in [0.3, 0.4) is 0 Å². The molecule has 7 nitrogen and oxygen atoms in total. The lowest BCUT2D eigenvalue weighted by atomic mass is 10.1. The van der Waals surface area contributed by atoms with Crippen LogP contribution in [0.5, 0.6) is 11.5 Å². The summed E-state index contributed by atoms with van der Waals surface area (Å²) >= 11 is 0. The maximum Gasteiger partial charge on any atom is 0.243 e. The second kappa shape index (κ2) is 9.65. The summed E-state index contributed by atoms with van der Waals surface area (Å²) in [6.45, 7) is 5.78. The number of benzene rings is 2. The summed E-state index contributed by atoms with van der Waals surface area (Å²) in [5, 5.41) is 2.74. The van der Waals surface area contributed by atoms with E-state index in [-0.39, 0.29) is 13.2 Å². The van der Waals surface area contributed by atoms with Crippen molar-refractivity contribution in [3.05, 3.63) is 53.6 Å². The number of anilines is 1. The number of carbonyl (C=O) groups excluding carboxylic acids is 1. The molecule has 8 heteroatoms. The Morgan fingerprint density at radius 2 is 1.72 bits per heavy atom. The Morgan fingerprint density at radius 1 is 1.10 bits per heavy atom. The molecule has 0 aliphatic rings. The van der Waals surface area contributed by atoms with Crippen LogP contribution in [-0.4, -0.2) is 46.9 Å². The molecule has 0 aliphatic carbocycles. The third-order valence-electron chi connectivity index (χ3n) is 4.42. The molecular weight excluding hydrogens is 392 g/mol. The minimum absolute atomic E-state index is 0.250. The molecule has 0 saturated carbocycles. The zero-order valence-corrected chi connectivity index (χ0v) is 18.2. The van der Waals surface area contributed by atoms with Gasteiger partial charge in [0.15, 0.2) is 0 Å². The van der Waals surface area contributed by atoms with E-state index in [1.54, 1.807) is 44.4 Å². The lowest BCUT2D eigenvalue weighted by molar-refractivity contribution is -0.121. The first-order chi connectivity index (χ1) is 13.6. The van der Waals surface area contributed by atoms with Gasteiger partial charge in [-0.25, -0.2) is 8.42 Å². The molecule has 0 heterocycles. The molecule has 0 aromatic heterocycles. The predicted molar refractivity (Wildman–Crippen MR) is 114 cm³/mol. The van der Waals surface area contributed by atoms with Crippen LogP contribution in [0.1, 0.15) is 18.1 Å². The number of nitrogens with one attached hydrogen (secondary N) is 1. The number of hydrogen-bond donors (Lipinski definition) is 1. The lowest BCUT2D eigenvalue weighted by Gasteiger charge is -2.29. The van der Waals surface area contributed by atoms with E-state index in [1.165, 1.54) is 0 Å². The van der Waals surface area contributed by atoms with Gasteiger partial charge in [0.1, 0.15) is 24.1 Å². The number of hydrogen-bond acceptors (Lipinski definition) is 5. The average Bonchev–Trinajstić information content (AvgIpc) is 2.67. The highest BCUT2D eigenvalue weighted by Gasteiger charge is 2.30. The van der Waals surface area contributed by atoms with Gasteiger partial charge in [0.05, 0.1) is 25.6 Å². The Morgan fingerprint density at radius 3 is 2.31 bits per heavy atom. The van der Waals surface area contributed by atoms with Crippen molar-refractivity contribution in [1.82, 2.24) is 5.32 Å². The van der Waals surface area contributed by atoms with E-state index >= 15 is 0 Å². The minimum Gasteiger partial charge on any atom is -0.497 e. The van der Waals surface area contributed by atoms with E-state index in [0.29, 0.717) is 11.4 Å². The van der Waals surface area contributed by atoms with Crippen LogP contribution < -0.4 is 19.1 Å². The number of aryl methyl sites for hydroxylation is 2.